The standard InChI is InChI=1S/C19H29FN2O2/c1-18(2,3)22-12-11-21(17(23)24-19(4,5)6)13-16(22)14-7-9-15(20)10-8-14/h7-10,16H,11-13H2,1-6H3/t16-/m0/s1. The van der Waals surface area contributed by atoms with Crippen LogP contribution >= 0.6 is 0 Å². The molecular formula is C19H29FN2O2. The molecule has 24 heavy (non-hydrogen) atoms. The molecule has 5 heteroatoms. The Labute approximate surface area is 144 Å². The van der Waals surface area contributed by atoms with Gasteiger partial charge in [0.05, 0.1) is 6.04 Å². The van der Waals surface area contributed by atoms with Gasteiger partial charge in [0.25, 0.3) is 0 Å². The number of rotatable bonds is 1. The number of hydrogen-bond donors (Lipinski definition) is 0. The van der Waals surface area contributed by atoms with Crippen LogP contribution in [0, 0.1) is 5.82 Å². The highest BCUT2D eigenvalue weighted by Gasteiger charge is 2.37. The largest absolute Gasteiger partial charge is 0.444 e. The summed E-state index contributed by atoms with van der Waals surface area (Å²) in [7, 11) is 0. The fourth-order valence-corrected chi connectivity index (χ4v) is 3.05. The second kappa shape index (κ2) is 6.71. The van der Waals surface area contributed by atoms with Crippen LogP contribution in [0.25, 0.3) is 0 Å². The van der Waals surface area contributed by atoms with Crippen LogP contribution in [0.2, 0.25) is 0 Å². The van der Waals surface area contributed by atoms with Gasteiger partial charge in [-0.05, 0) is 59.2 Å². The van der Waals surface area contributed by atoms with E-state index in [1.54, 1.807) is 17.0 Å². The van der Waals surface area contributed by atoms with E-state index in [0.29, 0.717) is 13.1 Å². The zero-order valence-corrected chi connectivity index (χ0v) is 15.6. The van der Waals surface area contributed by atoms with Crippen molar-refractivity contribution in [1.82, 2.24) is 9.80 Å². The van der Waals surface area contributed by atoms with Gasteiger partial charge >= 0.3 is 6.09 Å². The number of hydrogen-bond acceptors (Lipinski definition) is 3. The molecule has 0 saturated carbocycles. The molecule has 0 spiro atoms. The number of benzene rings is 1. The van der Waals surface area contributed by atoms with Crippen LogP contribution in [0.4, 0.5) is 9.18 Å². The topological polar surface area (TPSA) is 32.8 Å². The van der Waals surface area contributed by atoms with Gasteiger partial charge in [-0.1, -0.05) is 12.1 Å². The molecule has 0 radical (unpaired) electrons. The van der Waals surface area contributed by atoms with E-state index in [1.165, 1.54) is 12.1 Å². The van der Waals surface area contributed by atoms with E-state index in [0.717, 1.165) is 12.1 Å². The molecule has 4 nitrogen and oxygen atoms in total. The molecule has 1 heterocycles. The molecule has 1 atom stereocenters. The highest BCUT2D eigenvalue weighted by atomic mass is 19.1. The van der Waals surface area contributed by atoms with Gasteiger partial charge in [-0.3, -0.25) is 4.90 Å². The Hall–Kier alpha value is -1.62. The summed E-state index contributed by atoms with van der Waals surface area (Å²) in [6.07, 6.45) is -0.289. The van der Waals surface area contributed by atoms with Crippen molar-refractivity contribution < 1.29 is 13.9 Å². The fraction of sp³-hybridized carbons (Fsp3) is 0.632. The van der Waals surface area contributed by atoms with Gasteiger partial charge in [0.15, 0.2) is 0 Å². The first-order valence-corrected chi connectivity index (χ1v) is 8.47. The number of carbonyl (C=O) groups excluding carboxylic acids is 1. The molecule has 0 N–H and O–H groups in total. The van der Waals surface area contributed by atoms with E-state index < -0.39 is 5.60 Å². The molecule has 2 rings (SSSR count). The van der Waals surface area contributed by atoms with Gasteiger partial charge in [-0.25, -0.2) is 9.18 Å². The number of halogens is 1. The molecule has 1 aliphatic rings. The van der Waals surface area contributed by atoms with E-state index in [2.05, 4.69) is 25.7 Å². The van der Waals surface area contributed by atoms with E-state index >= 15 is 0 Å². The van der Waals surface area contributed by atoms with Crippen LogP contribution in [-0.4, -0.2) is 46.7 Å². The molecule has 134 valence electrons. The SMILES string of the molecule is CC(C)(C)OC(=O)N1CCN(C(C)(C)C)[C@H](c2ccc(F)cc2)C1. The molecule has 1 fully saturated rings. The first kappa shape index (κ1) is 18.7. The lowest BCUT2D eigenvalue weighted by Crippen LogP contribution is -2.56. The summed E-state index contributed by atoms with van der Waals surface area (Å²) in [5.74, 6) is -0.249. The first-order valence-electron chi connectivity index (χ1n) is 8.47. The maximum Gasteiger partial charge on any atom is 0.410 e. The Bertz CT molecular complexity index is 573. The lowest BCUT2D eigenvalue weighted by atomic mass is 9.95. The second-order valence-electron chi connectivity index (χ2n) is 8.36. The number of piperazine rings is 1. The van der Waals surface area contributed by atoms with Crippen molar-refractivity contribution in [3.05, 3.63) is 35.6 Å². The average molecular weight is 336 g/mol. The van der Waals surface area contributed by atoms with Crippen molar-refractivity contribution in [3.8, 4) is 0 Å². The number of ether oxygens (including phenoxy) is 1. The van der Waals surface area contributed by atoms with Gasteiger partial charge < -0.3 is 9.64 Å². The van der Waals surface area contributed by atoms with Crippen molar-refractivity contribution in [2.24, 2.45) is 0 Å². The van der Waals surface area contributed by atoms with Gasteiger partial charge in [0.1, 0.15) is 11.4 Å². The van der Waals surface area contributed by atoms with Crippen molar-refractivity contribution in [1.29, 1.82) is 0 Å². The third-order valence-corrected chi connectivity index (χ3v) is 4.15. The van der Waals surface area contributed by atoms with Gasteiger partial charge in [0, 0.05) is 25.2 Å². The maximum absolute atomic E-state index is 13.3. The number of nitrogens with zero attached hydrogens (tertiary/aromatic N) is 2. The third kappa shape index (κ3) is 4.69. The summed E-state index contributed by atoms with van der Waals surface area (Å²) in [6.45, 7) is 14.0. The minimum atomic E-state index is -0.510. The monoisotopic (exact) mass is 336 g/mol. The predicted octanol–water partition coefficient (Wildman–Crippen LogP) is 4.22. The quantitative estimate of drug-likeness (QED) is 0.770. The summed E-state index contributed by atoms with van der Waals surface area (Å²) < 4.78 is 18.8. The van der Waals surface area contributed by atoms with Crippen LogP contribution in [0.15, 0.2) is 24.3 Å². The molecule has 1 aliphatic heterocycles. The van der Waals surface area contributed by atoms with Crippen molar-refractivity contribution in [3.63, 3.8) is 0 Å². The summed E-state index contributed by atoms with van der Waals surface area (Å²) in [5.41, 5.74) is 0.461. The molecule has 1 aromatic carbocycles. The van der Waals surface area contributed by atoms with Gasteiger partial charge in [-0.2, -0.15) is 0 Å². The Morgan fingerprint density at radius 1 is 1.08 bits per heavy atom. The van der Waals surface area contributed by atoms with Gasteiger partial charge in [0.2, 0.25) is 0 Å². The van der Waals surface area contributed by atoms with Crippen molar-refractivity contribution in [2.45, 2.75) is 58.7 Å². The molecule has 1 aromatic rings. The second-order valence-corrected chi connectivity index (χ2v) is 8.36. The van der Waals surface area contributed by atoms with Crippen LogP contribution in [0.3, 0.4) is 0 Å². The summed E-state index contributed by atoms with van der Waals surface area (Å²) in [4.78, 5) is 16.5. The zero-order chi connectivity index (χ0) is 18.1. The van der Waals surface area contributed by atoms with E-state index in [9.17, 15) is 9.18 Å². The summed E-state index contributed by atoms with van der Waals surface area (Å²) >= 11 is 0. The van der Waals surface area contributed by atoms with Crippen LogP contribution in [0.5, 0.6) is 0 Å². The Morgan fingerprint density at radius 2 is 1.67 bits per heavy atom. The smallest absolute Gasteiger partial charge is 0.410 e. The lowest BCUT2D eigenvalue weighted by molar-refractivity contribution is -0.0177. The fourth-order valence-electron chi connectivity index (χ4n) is 3.05. The lowest BCUT2D eigenvalue weighted by Gasteiger charge is -2.48. The van der Waals surface area contributed by atoms with E-state index in [-0.39, 0.29) is 23.5 Å². The minimum absolute atomic E-state index is 0.0202. The van der Waals surface area contributed by atoms with E-state index in [4.69, 9.17) is 4.74 Å². The van der Waals surface area contributed by atoms with Crippen molar-refractivity contribution in [2.75, 3.05) is 19.6 Å². The summed E-state index contributed by atoms with van der Waals surface area (Å²) in [6, 6.07) is 6.58. The van der Waals surface area contributed by atoms with Crippen LogP contribution < -0.4 is 0 Å². The molecule has 0 aliphatic carbocycles. The first-order chi connectivity index (χ1) is 11.0. The number of amides is 1. The predicted molar refractivity (Wildman–Crippen MR) is 93.4 cm³/mol. The van der Waals surface area contributed by atoms with Crippen LogP contribution in [0.1, 0.15) is 53.1 Å². The van der Waals surface area contributed by atoms with Crippen LogP contribution in [-0.2, 0) is 4.74 Å². The zero-order valence-electron chi connectivity index (χ0n) is 15.6. The average Bonchev–Trinajstić information content (AvgIpc) is 2.44. The molecular weight excluding hydrogens is 307 g/mol. The molecule has 1 amide bonds. The molecule has 0 bridgehead atoms. The molecule has 0 aromatic heterocycles. The summed E-state index contributed by atoms with van der Waals surface area (Å²) in [5, 5.41) is 0. The highest BCUT2D eigenvalue weighted by molar-refractivity contribution is 5.68. The molecule has 0 unspecified atom stereocenters. The maximum atomic E-state index is 13.3. The number of carbonyl (C=O) groups is 1. The van der Waals surface area contributed by atoms with Crippen molar-refractivity contribution >= 4 is 6.09 Å². The normalized spacial score (nSPS) is 20.1. The minimum Gasteiger partial charge on any atom is -0.444 e. The Balaban J connectivity index is 2.23. The Morgan fingerprint density at radius 3 is 2.17 bits per heavy atom. The van der Waals surface area contributed by atoms with Gasteiger partial charge in [-0.15, -0.1) is 0 Å². The van der Waals surface area contributed by atoms with E-state index in [1.807, 2.05) is 20.8 Å². The third-order valence-electron chi connectivity index (χ3n) is 4.15. The highest BCUT2D eigenvalue weighted by Crippen LogP contribution is 2.32. The Kier molecular flexibility index (Phi) is 5.23. The molecule has 1 saturated heterocycles.